The van der Waals surface area contributed by atoms with E-state index in [0.717, 1.165) is 42.9 Å². The molecule has 0 spiro atoms. The fourth-order valence-corrected chi connectivity index (χ4v) is 4.01. The van der Waals surface area contributed by atoms with E-state index in [1.807, 2.05) is 18.2 Å². The zero-order chi connectivity index (χ0) is 18.1. The van der Waals surface area contributed by atoms with Crippen molar-refractivity contribution >= 4 is 5.69 Å². The third-order valence-electron chi connectivity index (χ3n) is 5.35. The van der Waals surface area contributed by atoms with Crippen LogP contribution in [0.2, 0.25) is 0 Å². The Balaban J connectivity index is 1.44. The van der Waals surface area contributed by atoms with Crippen LogP contribution in [-0.4, -0.2) is 36.1 Å². The highest BCUT2D eigenvalue weighted by Gasteiger charge is 2.38. The molecule has 0 aliphatic carbocycles. The number of hydrogen-bond donors (Lipinski definition) is 0. The fraction of sp³-hybridized carbons (Fsp3) is 0.350. The number of non-ortho nitro benzene ring substituents is 1. The van der Waals surface area contributed by atoms with Crippen LogP contribution in [0.3, 0.4) is 0 Å². The van der Waals surface area contributed by atoms with E-state index in [4.69, 9.17) is 10.00 Å². The molecule has 2 aliphatic heterocycles. The molecule has 0 radical (unpaired) electrons. The summed E-state index contributed by atoms with van der Waals surface area (Å²) in [4.78, 5) is 13.0. The van der Waals surface area contributed by atoms with Gasteiger partial charge in [-0.05, 0) is 30.2 Å². The lowest BCUT2D eigenvalue weighted by molar-refractivity contribution is -0.384. The maximum absolute atomic E-state index is 10.9. The lowest BCUT2D eigenvalue weighted by Gasteiger charge is -2.27. The van der Waals surface area contributed by atoms with Gasteiger partial charge in [-0.3, -0.25) is 10.1 Å². The number of hydrogen-bond acceptors (Lipinski definition) is 5. The van der Waals surface area contributed by atoms with Crippen molar-refractivity contribution in [3.05, 3.63) is 69.3 Å². The molecule has 132 valence electrons. The number of fused-ring (bicyclic) bond motifs is 3. The van der Waals surface area contributed by atoms with Crippen LogP contribution in [0.1, 0.15) is 22.6 Å². The second-order valence-electron chi connectivity index (χ2n) is 6.98. The van der Waals surface area contributed by atoms with Gasteiger partial charge in [-0.1, -0.05) is 12.1 Å². The van der Waals surface area contributed by atoms with E-state index in [2.05, 4.69) is 11.0 Å². The minimum atomic E-state index is -0.352. The molecule has 1 saturated heterocycles. The quantitative estimate of drug-likeness (QED) is 0.626. The topological polar surface area (TPSA) is 79.4 Å². The van der Waals surface area contributed by atoms with Crippen LogP contribution in [0.4, 0.5) is 5.69 Å². The third kappa shape index (κ3) is 3.14. The van der Waals surface area contributed by atoms with Crippen molar-refractivity contribution in [3.8, 4) is 11.8 Å². The van der Waals surface area contributed by atoms with E-state index < -0.39 is 0 Å². The van der Waals surface area contributed by atoms with Crippen molar-refractivity contribution in [2.75, 3.05) is 26.2 Å². The van der Waals surface area contributed by atoms with Gasteiger partial charge < -0.3 is 9.64 Å². The molecule has 0 unspecified atom stereocenters. The summed E-state index contributed by atoms with van der Waals surface area (Å²) < 4.78 is 5.88. The minimum Gasteiger partial charge on any atom is -0.493 e. The van der Waals surface area contributed by atoms with Crippen molar-refractivity contribution in [2.45, 2.75) is 12.3 Å². The molecule has 6 nitrogen and oxygen atoms in total. The third-order valence-corrected chi connectivity index (χ3v) is 5.35. The SMILES string of the molecule is N#Cc1ccc2c(c1)[C@@H]1CN(CCc3cccc([N+](=O)[O-])c3)C[C@H]1CO2. The van der Waals surface area contributed by atoms with Gasteiger partial charge in [0.15, 0.2) is 0 Å². The van der Waals surface area contributed by atoms with Crippen molar-refractivity contribution in [1.29, 1.82) is 5.26 Å². The molecule has 0 bridgehead atoms. The zero-order valence-electron chi connectivity index (χ0n) is 14.3. The van der Waals surface area contributed by atoms with Crippen LogP contribution in [0.25, 0.3) is 0 Å². The van der Waals surface area contributed by atoms with Gasteiger partial charge in [-0.2, -0.15) is 5.26 Å². The van der Waals surface area contributed by atoms with Crippen LogP contribution in [0.15, 0.2) is 42.5 Å². The maximum atomic E-state index is 10.9. The summed E-state index contributed by atoms with van der Waals surface area (Å²) in [5, 5.41) is 20.1. The summed E-state index contributed by atoms with van der Waals surface area (Å²) in [6.07, 6.45) is 0.785. The van der Waals surface area contributed by atoms with Gasteiger partial charge in [0.1, 0.15) is 5.75 Å². The molecule has 26 heavy (non-hydrogen) atoms. The molecule has 0 aromatic heterocycles. The van der Waals surface area contributed by atoms with Gasteiger partial charge in [0.05, 0.1) is 23.2 Å². The molecule has 2 aliphatic rings. The summed E-state index contributed by atoms with van der Waals surface area (Å²) in [5.74, 6) is 1.71. The first-order valence-electron chi connectivity index (χ1n) is 8.76. The van der Waals surface area contributed by atoms with Crippen molar-refractivity contribution in [2.24, 2.45) is 5.92 Å². The first kappa shape index (κ1) is 16.6. The normalized spacial score (nSPS) is 21.3. The Morgan fingerprint density at radius 1 is 1.27 bits per heavy atom. The Hall–Kier alpha value is -2.91. The second kappa shape index (κ2) is 6.77. The molecule has 2 heterocycles. The van der Waals surface area contributed by atoms with Gasteiger partial charge in [-0.25, -0.2) is 0 Å². The molecule has 1 fully saturated rings. The lowest BCUT2D eigenvalue weighted by Crippen LogP contribution is -2.25. The van der Waals surface area contributed by atoms with Crippen LogP contribution >= 0.6 is 0 Å². The molecule has 0 saturated carbocycles. The predicted octanol–water partition coefficient (Wildman–Crippen LogP) is 3.12. The first-order chi connectivity index (χ1) is 12.6. The highest BCUT2D eigenvalue weighted by Crippen LogP contribution is 2.41. The molecule has 2 aromatic rings. The monoisotopic (exact) mass is 349 g/mol. The number of benzene rings is 2. The molecular formula is C20H19N3O3. The number of rotatable bonds is 4. The van der Waals surface area contributed by atoms with Crippen LogP contribution in [-0.2, 0) is 6.42 Å². The Bertz CT molecular complexity index is 890. The summed E-state index contributed by atoms with van der Waals surface area (Å²) in [6, 6.07) is 14.7. The molecule has 0 N–H and O–H groups in total. The van der Waals surface area contributed by atoms with E-state index >= 15 is 0 Å². The average Bonchev–Trinajstić information content (AvgIpc) is 3.10. The summed E-state index contributed by atoms with van der Waals surface area (Å²) in [7, 11) is 0. The van der Waals surface area contributed by atoms with Crippen molar-refractivity contribution in [1.82, 2.24) is 4.90 Å². The second-order valence-corrected chi connectivity index (χ2v) is 6.98. The number of nitro benzene ring substituents is 1. The van der Waals surface area contributed by atoms with Crippen LogP contribution in [0.5, 0.6) is 5.75 Å². The summed E-state index contributed by atoms with van der Waals surface area (Å²) >= 11 is 0. The number of nitrogens with zero attached hydrogens (tertiary/aromatic N) is 3. The Labute approximate surface area is 151 Å². The molecule has 6 heteroatoms. The van der Waals surface area contributed by atoms with E-state index in [1.54, 1.807) is 18.2 Å². The van der Waals surface area contributed by atoms with E-state index in [-0.39, 0.29) is 10.6 Å². The standard InChI is InChI=1S/C20H19N3O3/c21-10-15-4-5-20-18(9-15)19-12-22(11-16(19)13-26-20)7-6-14-2-1-3-17(8-14)23(24)25/h1-5,8-9,16,19H,6-7,11-13H2/t16-,19+/m0/s1. The zero-order valence-corrected chi connectivity index (χ0v) is 14.3. The summed E-state index contributed by atoms with van der Waals surface area (Å²) in [5.41, 5.74) is 2.93. The van der Waals surface area contributed by atoms with E-state index in [1.165, 1.54) is 6.07 Å². The van der Waals surface area contributed by atoms with Crippen LogP contribution in [0, 0.1) is 27.4 Å². The number of nitriles is 1. The minimum absolute atomic E-state index is 0.143. The number of ether oxygens (including phenoxy) is 1. The number of nitro groups is 1. The predicted molar refractivity (Wildman–Crippen MR) is 96.1 cm³/mol. The Kier molecular flexibility index (Phi) is 4.31. The highest BCUT2D eigenvalue weighted by molar-refractivity contribution is 5.46. The van der Waals surface area contributed by atoms with Crippen LogP contribution < -0.4 is 4.74 Å². The Morgan fingerprint density at radius 3 is 2.96 bits per heavy atom. The molecule has 0 amide bonds. The summed E-state index contributed by atoms with van der Waals surface area (Å²) in [6.45, 7) is 3.46. The van der Waals surface area contributed by atoms with E-state index in [9.17, 15) is 10.1 Å². The van der Waals surface area contributed by atoms with Gasteiger partial charge in [-0.15, -0.1) is 0 Å². The Morgan fingerprint density at radius 2 is 2.15 bits per heavy atom. The van der Waals surface area contributed by atoms with Crippen molar-refractivity contribution < 1.29 is 9.66 Å². The molecule has 4 rings (SSSR count). The molecule has 2 aromatic carbocycles. The maximum Gasteiger partial charge on any atom is 0.269 e. The van der Waals surface area contributed by atoms with Gasteiger partial charge in [0.2, 0.25) is 0 Å². The van der Waals surface area contributed by atoms with Gasteiger partial charge in [0.25, 0.3) is 5.69 Å². The highest BCUT2D eigenvalue weighted by atomic mass is 16.6. The largest absolute Gasteiger partial charge is 0.493 e. The lowest BCUT2D eigenvalue weighted by atomic mass is 9.86. The fourth-order valence-electron chi connectivity index (χ4n) is 4.01. The molecule has 2 atom stereocenters. The van der Waals surface area contributed by atoms with Gasteiger partial charge >= 0.3 is 0 Å². The smallest absolute Gasteiger partial charge is 0.269 e. The van der Waals surface area contributed by atoms with E-state index in [0.29, 0.717) is 24.0 Å². The molecular weight excluding hydrogens is 330 g/mol. The number of likely N-dealkylation sites (tertiary alicyclic amines) is 1. The van der Waals surface area contributed by atoms with Crippen molar-refractivity contribution in [3.63, 3.8) is 0 Å². The van der Waals surface area contributed by atoms with Gasteiger partial charge in [0, 0.05) is 49.2 Å². The first-order valence-corrected chi connectivity index (χ1v) is 8.76. The average molecular weight is 349 g/mol.